The third-order valence-corrected chi connectivity index (χ3v) is 4.11. The summed E-state index contributed by atoms with van der Waals surface area (Å²) in [4.78, 5) is 22.5. The van der Waals surface area contributed by atoms with Gasteiger partial charge in [0.1, 0.15) is 16.3 Å². The number of halogens is 1. The van der Waals surface area contributed by atoms with Crippen molar-refractivity contribution in [2.45, 2.75) is 38.8 Å². The van der Waals surface area contributed by atoms with Gasteiger partial charge in [0.25, 0.3) is 0 Å². The summed E-state index contributed by atoms with van der Waals surface area (Å²) in [6.07, 6.45) is 2.09. The van der Waals surface area contributed by atoms with Gasteiger partial charge >= 0.3 is 6.09 Å². The average Bonchev–Trinajstić information content (AvgIpc) is 2.97. The fourth-order valence-electron chi connectivity index (χ4n) is 2.78. The highest BCUT2D eigenvalue weighted by Gasteiger charge is 2.30. The maximum Gasteiger partial charge on any atom is 0.410 e. The van der Waals surface area contributed by atoms with E-state index >= 15 is 0 Å². The molecule has 134 valence electrons. The van der Waals surface area contributed by atoms with Crippen molar-refractivity contribution in [3.05, 3.63) is 23.5 Å². The van der Waals surface area contributed by atoms with Gasteiger partial charge in [-0.2, -0.15) is 0 Å². The molecule has 0 aliphatic carbocycles. The summed E-state index contributed by atoms with van der Waals surface area (Å²) in [6, 6.07) is 3.55. The minimum atomic E-state index is -0.505. The van der Waals surface area contributed by atoms with Crippen molar-refractivity contribution < 1.29 is 9.53 Å². The number of amides is 1. The van der Waals surface area contributed by atoms with Gasteiger partial charge in [-0.3, -0.25) is 4.98 Å². The number of nitrogens with zero attached hydrogens (tertiary/aromatic N) is 3. The zero-order valence-corrected chi connectivity index (χ0v) is 15.3. The minimum absolute atomic E-state index is 0.0567. The van der Waals surface area contributed by atoms with Gasteiger partial charge in [0.15, 0.2) is 0 Å². The Bertz CT molecular complexity index is 800. The molecule has 2 aromatic rings. The number of anilines is 2. The van der Waals surface area contributed by atoms with E-state index in [0.29, 0.717) is 40.7 Å². The van der Waals surface area contributed by atoms with E-state index in [2.05, 4.69) is 15.3 Å². The summed E-state index contributed by atoms with van der Waals surface area (Å²) in [5, 5.41) is 3.77. The van der Waals surface area contributed by atoms with Crippen molar-refractivity contribution in [3.8, 4) is 0 Å². The van der Waals surface area contributed by atoms with E-state index in [0.717, 1.165) is 6.42 Å². The third-order valence-electron chi connectivity index (χ3n) is 3.90. The number of hydrogen-bond donors (Lipinski definition) is 2. The number of nitrogens with two attached hydrogens (primary N) is 1. The van der Waals surface area contributed by atoms with Crippen LogP contribution in [-0.4, -0.2) is 45.7 Å². The molecule has 3 N–H and O–H groups in total. The van der Waals surface area contributed by atoms with E-state index in [1.807, 2.05) is 20.8 Å². The van der Waals surface area contributed by atoms with Crippen molar-refractivity contribution in [1.29, 1.82) is 0 Å². The fourth-order valence-corrected chi connectivity index (χ4v) is 2.93. The first-order valence-electron chi connectivity index (χ1n) is 8.18. The molecule has 2 aromatic heterocycles. The Balaban J connectivity index is 1.76. The molecule has 0 bridgehead atoms. The second kappa shape index (κ2) is 6.55. The second-order valence-electron chi connectivity index (χ2n) is 7.15. The van der Waals surface area contributed by atoms with Crippen molar-refractivity contribution >= 4 is 40.1 Å². The number of rotatable bonds is 2. The van der Waals surface area contributed by atoms with Crippen molar-refractivity contribution in [3.63, 3.8) is 0 Å². The number of carbonyl (C=O) groups is 1. The summed E-state index contributed by atoms with van der Waals surface area (Å²) in [5.74, 6) is 0. The van der Waals surface area contributed by atoms with Gasteiger partial charge in [-0.15, -0.1) is 0 Å². The van der Waals surface area contributed by atoms with E-state index in [9.17, 15) is 4.79 Å². The molecule has 3 rings (SSSR count). The SMILES string of the molecule is CC(C)(C)OC(=O)N1CC[C@H](Nc2c(N)cnc3ccc(Cl)nc23)C1. The van der Waals surface area contributed by atoms with Gasteiger partial charge < -0.3 is 20.7 Å². The van der Waals surface area contributed by atoms with Gasteiger partial charge in [0.05, 0.1) is 23.1 Å². The summed E-state index contributed by atoms with van der Waals surface area (Å²) in [6.45, 7) is 6.74. The number of fused-ring (bicyclic) bond motifs is 1. The molecule has 7 nitrogen and oxygen atoms in total. The molecule has 1 aliphatic rings. The lowest BCUT2D eigenvalue weighted by Gasteiger charge is -2.24. The minimum Gasteiger partial charge on any atom is -0.444 e. The zero-order chi connectivity index (χ0) is 18.2. The van der Waals surface area contributed by atoms with Crippen LogP contribution in [0.4, 0.5) is 16.2 Å². The molecule has 1 amide bonds. The van der Waals surface area contributed by atoms with Gasteiger partial charge in [0, 0.05) is 19.1 Å². The van der Waals surface area contributed by atoms with Crippen molar-refractivity contribution in [2.75, 3.05) is 24.1 Å². The summed E-state index contributed by atoms with van der Waals surface area (Å²) in [5.41, 5.74) is 8.11. The smallest absolute Gasteiger partial charge is 0.410 e. The van der Waals surface area contributed by atoms with Gasteiger partial charge in [0.2, 0.25) is 0 Å². The molecular weight excluding hydrogens is 342 g/mol. The Hall–Kier alpha value is -2.28. The van der Waals surface area contributed by atoms with Crippen LogP contribution in [-0.2, 0) is 4.74 Å². The van der Waals surface area contributed by atoms with Crippen LogP contribution in [0.2, 0.25) is 5.15 Å². The highest BCUT2D eigenvalue weighted by Crippen LogP contribution is 2.29. The molecule has 0 radical (unpaired) electrons. The van der Waals surface area contributed by atoms with E-state index in [4.69, 9.17) is 22.1 Å². The lowest BCUT2D eigenvalue weighted by atomic mass is 10.2. The van der Waals surface area contributed by atoms with E-state index in [1.165, 1.54) is 0 Å². The molecule has 25 heavy (non-hydrogen) atoms. The lowest BCUT2D eigenvalue weighted by Crippen LogP contribution is -2.36. The fraction of sp³-hybridized carbons (Fsp3) is 0.471. The molecule has 1 fully saturated rings. The van der Waals surface area contributed by atoms with Crippen molar-refractivity contribution in [1.82, 2.24) is 14.9 Å². The molecule has 1 saturated heterocycles. The highest BCUT2D eigenvalue weighted by molar-refractivity contribution is 6.29. The highest BCUT2D eigenvalue weighted by atomic mass is 35.5. The number of aromatic nitrogens is 2. The van der Waals surface area contributed by atoms with E-state index in [1.54, 1.807) is 23.2 Å². The molecule has 0 spiro atoms. The normalized spacial score (nSPS) is 17.8. The Morgan fingerprint density at radius 2 is 2.20 bits per heavy atom. The standard InChI is InChI=1S/C17H22ClN5O2/c1-17(2,3)25-16(24)23-7-6-10(9-23)21-14-11(19)8-20-12-4-5-13(18)22-15(12)14/h4-5,8,10H,6-7,9,19H2,1-3H3,(H,20,21)/t10-/m0/s1. The maximum absolute atomic E-state index is 12.2. The van der Waals surface area contributed by atoms with E-state index < -0.39 is 5.60 Å². The molecule has 0 saturated carbocycles. The molecule has 1 aliphatic heterocycles. The maximum atomic E-state index is 12.2. The Labute approximate surface area is 151 Å². The number of nitrogen functional groups attached to an aromatic ring is 1. The first-order valence-corrected chi connectivity index (χ1v) is 8.56. The molecule has 8 heteroatoms. The third kappa shape index (κ3) is 4.04. The molecule has 0 unspecified atom stereocenters. The number of likely N-dealkylation sites (tertiary alicyclic amines) is 1. The van der Waals surface area contributed by atoms with Crippen LogP contribution in [0.5, 0.6) is 0 Å². The predicted molar refractivity (Wildman–Crippen MR) is 98.8 cm³/mol. The number of pyridine rings is 2. The largest absolute Gasteiger partial charge is 0.444 e. The van der Waals surface area contributed by atoms with Gasteiger partial charge in [-0.25, -0.2) is 9.78 Å². The van der Waals surface area contributed by atoms with Gasteiger partial charge in [-0.05, 0) is 39.3 Å². The topological polar surface area (TPSA) is 93.4 Å². The predicted octanol–water partition coefficient (Wildman–Crippen LogP) is 3.29. The number of hydrogen-bond acceptors (Lipinski definition) is 6. The number of carbonyl (C=O) groups excluding carboxylic acids is 1. The Kier molecular flexibility index (Phi) is 4.60. The average molecular weight is 364 g/mol. The van der Waals surface area contributed by atoms with Crippen molar-refractivity contribution in [2.24, 2.45) is 0 Å². The van der Waals surface area contributed by atoms with Crippen LogP contribution in [0.1, 0.15) is 27.2 Å². The van der Waals surface area contributed by atoms with Crippen LogP contribution < -0.4 is 11.1 Å². The van der Waals surface area contributed by atoms with E-state index in [-0.39, 0.29) is 12.1 Å². The van der Waals surface area contributed by atoms with Crippen LogP contribution in [0.25, 0.3) is 11.0 Å². The first-order chi connectivity index (χ1) is 11.7. The quantitative estimate of drug-likeness (QED) is 0.795. The zero-order valence-electron chi connectivity index (χ0n) is 14.5. The monoisotopic (exact) mass is 363 g/mol. The molecular formula is C17H22ClN5O2. The number of nitrogens with one attached hydrogen (secondary N) is 1. The molecule has 1 atom stereocenters. The first kappa shape index (κ1) is 17.5. The Morgan fingerprint density at radius 3 is 2.92 bits per heavy atom. The van der Waals surface area contributed by atoms with Crippen LogP contribution in [0.3, 0.4) is 0 Å². The second-order valence-corrected chi connectivity index (χ2v) is 7.53. The summed E-state index contributed by atoms with van der Waals surface area (Å²) < 4.78 is 5.42. The summed E-state index contributed by atoms with van der Waals surface area (Å²) in [7, 11) is 0. The summed E-state index contributed by atoms with van der Waals surface area (Å²) >= 11 is 6.01. The lowest BCUT2D eigenvalue weighted by molar-refractivity contribution is 0.0293. The van der Waals surface area contributed by atoms with Crippen LogP contribution in [0.15, 0.2) is 18.3 Å². The van der Waals surface area contributed by atoms with Crippen LogP contribution in [0, 0.1) is 0 Å². The molecule has 0 aromatic carbocycles. The van der Waals surface area contributed by atoms with Gasteiger partial charge in [-0.1, -0.05) is 11.6 Å². The number of ether oxygens (including phenoxy) is 1. The Morgan fingerprint density at radius 1 is 1.44 bits per heavy atom. The molecule has 3 heterocycles. The van der Waals surface area contributed by atoms with Crippen LogP contribution >= 0.6 is 11.6 Å².